The second-order valence-electron chi connectivity index (χ2n) is 7.54. The lowest BCUT2D eigenvalue weighted by molar-refractivity contribution is -0.123. The summed E-state index contributed by atoms with van der Waals surface area (Å²) in [5.74, 6) is -0.167. The summed E-state index contributed by atoms with van der Waals surface area (Å²) in [6.07, 6.45) is 3.83. The van der Waals surface area contributed by atoms with Crippen LogP contribution in [0.2, 0.25) is 0 Å². The number of para-hydroxylation sites is 1. The van der Waals surface area contributed by atoms with Gasteiger partial charge < -0.3 is 0 Å². The van der Waals surface area contributed by atoms with Crippen molar-refractivity contribution in [3.63, 3.8) is 0 Å². The van der Waals surface area contributed by atoms with Gasteiger partial charge in [-0.2, -0.15) is 5.10 Å². The molecular formula is C24H27FN2O. The quantitative estimate of drug-likeness (QED) is 0.621. The standard InChI is InChI=1S/C23H23FN2O.CH4/c1-15-7-4-5-10-21(15)26-22-11-12-23(17(3)27,13-18(22)14-25-26)19-8-6-9-20(24)16(19)2;/h4-10,14H,11-13H2,1-3H3;1H4. The van der Waals surface area contributed by atoms with E-state index in [4.69, 9.17) is 0 Å². The molecule has 0 spiro atoms. The fourth-order valence-electron chi connectivity index (χ4n) is 4.42. The van der Waals surface area contributed by atoms with Crippen molar-refractivity contribution in [1.82, 2.24) is 9.78 Å². The van der Waals surface area contributed by atoms with Crippen LogP contribution < -0.4 is 0 Å². The highest BCUT2D eigenvalue weighted by Gasteiger charge is 2.43. The first kappa shape index (κ1) is 20.0. The Hall–Kier alpha value is -2.75. The highest BCUT2D eigenvalue weighted by atomic mass is 19.1. The summed E-state index contributed by atoms with van der Waals surface area (Å²) < 4.78 is 16.2. The Kier molecular flexibility index (Phi) is 5.24. The normalized spacial score (nSPS) is 18.3. The lowest BCUT2D eigenvalue weighted by Crippen LogP contribution is -2.41. The summed E-state index contributed by atoms with van der Waals surface area (Å²) in [7, 11) is 0. The molecule has 4 heteroatoms. The molecule has 1 unspecified atom stereocenters. The monoisotopic (exact) mass is 378 g/mol. The molecule has 146 valence electrons. The number of hydrogen-bond donors (Lipinski definition) is 0. The van der Waals surface area contributed by atoms with Crippen LogP contribution in [0.4, 0.5) is 4.39 Å². The Morgan fingerprint density at radius 3 is 2.61 bits per heavy atom. The third kappa shape index (κ3) is 2.97. The molecule has 0 radical (unpaired) electrons. The number of Topliss-reactive ketones (excluding diaryl/α,β-unsaturated/α-hetero) is 1. The predicted molar refractivity (Wildman–Crippen MR) is 111 cm³/mol. The van der Waals surface area contributed by atoms with Crippen molar-refractivity contribution in [2.45, 2.75) is 52.9 Å². The highest BCUT2D eigenvalue weighted by Crippen LogP contribution is 2.41. The topological polar surface area (TPSA) is 34.9 Å². The zero-order valence-electron chi connectivity index (χ0n) is 15.9. The first-order valence-corrected chi connectivity index (χ1v) is 9.32. The molecule has 0 fully saturated rings. The van der Waals surface area contributed by atoms with Crippen LogP contribution in [0.25, 0.3) is 5.69 Å². The maximum Gasteiger partial charge on any atom is 0.140 e. The number of carbonyl (C=O) groups is 1. The molecule has 0 bridgehead atoms. The Morgan fingerprint density at radius 1 is 1.14 bits per heavy atom. The van der Waals surface area contributed by atoms with Gasteiger partial charge in [0.1, 0.15) is 11.6 Å². The summed E-state index contributed by atoms with van der Waals surface area (Å²) in [4.78, 5) is 12.8. The summed E-state index contributed by atoms with van der Waals surface area (Å²) in [5.41, 5.74) is 5.15. The third-order valence-corrected chi connectivity index (χ3v) is 6.04. The first-order chi connectivity index (χ1) is 12.9. The maximum atomic E-state index is 14.2. The molecular weight excluding hydrogens is 351 g/mol. The van der Waals surface area contributed by atoms with Crippen molar-refractivity contribution in [3.05, 3.63) is 82.4 Å². The Bertz CT molecular complexity index is 1040. The molecule has 0 saturated carbocycles. The second-order valence-corrected chi connectivity index (χ2v) is 7.54. The van der Waals surface area contributed by atoms with E-state index in [1.54, 1.807) is 19.9 Å². The van der Waals surface area contributed by atoms with Gasteiger partial charge in [-0.1, -0.05) is 37.8 Å². The van der Waals surface area contributed by atoms with Crippen molar-refractivity contribution in [3.8, 4) is 5.69 Å². The maximum absolute atomic E-state index is 14.2. The van der Waals surface area contributed by atoms with E-state index in [9.17, 15) is 9.18 Å². The van der Waals surface area contributed by atoms with Gasteiger partial charge in [0.05, 0.1) is 17.3 Å². The van der Waals surface area contributed by atoms with Gasteiger partial charge in [0.2, 0.25) is 0 Å². The van der Waals surface area contributed by atoms with Gasteiger partial charge in [-0.3, -0.25) is 4.79 Å². The average Bonchev–Trinajstić information content (AvgIpc) is 3.07. The lowest BCUT2D eigenvalue weighted by Gasteiger charge is -2.36. The van der Waals surface area contributed by atoms with Crippen LogP contribution >= 0.6 is 0 Å². The van der Waals surface area contributed by atoms with Crippen LogP contribution in [-0.4, -0.2) is 15.6 Å². The number of ketones is 1. The first-order valence-electron chi connectivity index (χ1n) is 9.32. The predicted octanol–water partition coefficient (Wildman–Crippen LogP) is 5.28. The zero-order valence-corrected chi connectivity index (χ0v) is 15.9. The zero-order chi connectivity index (χ0) is 19.2. The molecule has 0 amide bonds. The minimum Gasteiger partial charge on any atom is -0.299 e. The Morgan fingerprint density at radius 2 is 1.89 bits per heavy atom. The summed E-state index contributed by atoms with van der Waals surface area (Å²) in [6, 6.07) is 13.2. The van der Waals surface area contributed by atoms with Crippen molar-refractivity contribution in [2.75, 3.05) is 0 Å². The number of aryl methyl sites for hydroxylation is 1. The van der Waals surface area contributed by atoms with E-state index in [1.807, 2.05) is 29.1 Å². The van der Waals surface area contributed by atoms with E-state index < -0.39 is 5.41 Å². The fourth-order valence-corrected chi connectivity index (χ4v) is 4.42. The number of carbonyl (C=O) groups excluding carboxylic acids is 1. The lowest BCUT2D eigenvalue weighted by atomic mass is 9.65. The van der Waals surface area contributed by atoms with E-state index in [1.165, 1.54) is 6.07 Å². The molecule has 1 aliphatic carbocycles. The molecule has 1 aromatic heterocycles. The number of aromatic nitrogens is 2. The van der Waals surface area contributed by atoms with Gasteiger partial charge in [0.15, 0.2) is 0 Å². The molecule has 28 heavy (non-hydrogen) atoms. The van der Waals surface area contributed by atoms with Gasteiger partial charge in [-0.25, -0.2) is 9.07 Å². The molecule has 0 saturated heterocycles. The minimum absolute atomic E-state index is 0. The van der Waals surface area contributed by atoms with Gasteiger partial charge in [0.25, 0.3) is 0 Å². The van der Waals surface area contributed by atoms with Crippen LogP contribution in [0.5, 0.6) is 0 Å². The van der Waals surface area contributed by atoms with Crippen molar-refractivity contribution >= 4 is 5.78 Å². The van der Waals surface area contributed by atoms with Crippen molar-refractivity contribution in [2.24, 2.45) is 0 Å². The molecule has 3 aromatic rings. The van der Waals surface area contributed by atoms with E-state index in [2.05, 4.69) is 24.2 Å². The molecule has 1 aliphatic rings. The number of hydrogen-bond acceptors (Lipinski definition) is 2. The second kappa shape index (κ2) is 7.34. The largest absolute Gasteiger partial charge is 0.299 e. The molecule has 0 aliphatic heterocycles. The third-order valence-electron chi connectivity index (χ3n) is 6.04. The summed E-state index contributed by atoms with van der Waals surface area (Å²) >= 11 is 0. The van der Waals surface area contributed by atoms with E-state index in [-0.39, 0.29) is 19.0 Å². The smallest absolute Gasteiger partial charge is 0.140 e. The number of benzene rings is 2. The highest BCUT2D eigenvalue weighted by molar-refractivity contribution is 5.89. The summed E-state index contributed by atoms with van der Waals surface area (Å²) in [6.45, 7) is 5.46. The van der Waals surface area contributed by atoms with Crippen molar-refractivity contribution in [1.29, 1.82) is 0 Å². The average molecular weight is 378 g/mol. The minimum atomic E-state index is -0.682. The molecule has 4 rings (SSSR count). The van der Waals surface area contributed by atoms with Gasteiger partial charge in [0, 0.05) is 5.69 Å². The Labute approximate surface area is 166 Å². The number of nitrogens with zero attached hydrogens (tertiary/aromatic N) is 2. The SMILES string of the molecule is C.CC(=O)C1(c2cccc(F)c2C)CCc2c(cnn2-c2ccccc2C)C1. The van der Waals surface area contributed by atoms with Crippen LogP contribution in [0.15, 0.2) is 48.7 Å². The van der Waals surface area contributed by atoms with Crippen LogP contribution in [-0.2, 0) is 23.1 Å². The number of rotatable bonds is 3. The van der Waals surface area contributed by atoms with E-state index in [0.717, 1.165) is 34.5 Å². The molecule has 0 N–H and O–H groups in total. The number of fused-ring (bicyclic) bond motifs is 1. The molecule has 3 nitrogen and oxygen atoms in total. The van der Waals surface area contributed by atoms with Crippen molar-refractivity contribution < 1.29 is 9.18 Å². The van der Waals surface area contributed by atoms with E-state index in [0.29, 0.717) is 18.4 Å². The molecule has 1 atom stereocenters. The fraction of sp³-hybridized carbons (Fsp3) is 0.333. The molecule has 2 aromatic carbocycles. The summed E-state index contributed by atoms with van der Waals surface area (Å²) in [5, 5.41) is 4.62. The van der Waals surface area contributed by atoms with Crippen LogP contribution in [0, 0.1) is 19.7 Å². The van der Waals surface area contributed by atoms with E-state index >= 15 is 0 Å². The Balaban J connectivity index is 0.00000225. The van der Waals surface area contributed by atoms with Crippen LogP contribution in [0.3, 0.4) is 0 Å². The van der Waals surface area contributed by atoms with Gasteiger partial charge in [-0.05, 0) is 74.4 Å². The van der Waals surface area contributed by atoms with Gasteiger partial charge >= 0.3 is 0 Å². The van der Waals surface area contributed by atoms with Crippen LogP contribution in [0.1, 0.15) is 48.7 Å². The number of halogens is 1. The molecule has 1 heterocycles. The van der Waals surface area contributed by atoms with Gasteiger partial charge in [-0.15, -0.1) is 0 Å².